The van der Waals surface area contributed by atoms with Crippen LogP contribution in [-0.2, 0) is 11.3 Å². The van der Waals surface area contributed by atoms with Gasteiger partial charge in [-0.25, -0.2) is 4.98 Å². The van der Waals surface area contributed by atoms with Crippen molar-refractivity contribution in [1.29, 1.82) is 0 Å². The molecule has 20 heavy (non-hydrogen) atoms. The Labute approximate surface area is 141 Å². The van der Waals surface area contributed by atoms with Crippen LogP contribution in [0.1, 0.15) is 17.1 Å². The Kier molecular flexibility index (Phi) is 7.75. The van der Waals surface area contributed by atoms with Crippen LogP contribution in [0.4, 0.5) is 0 Å². The molecular formula is C13H23IN4OS. The minimum Gasteiger partial charge on any atom is -0.381 e. The third-order valence-corrected chi connectivity index (χ3v) is 4.03. The number of ether oxygens (including phenoxy) is 1. The zero-order valence-electron chi connectivity index (χ0n) is 12.3. The fraction of sp³-hybridized carbons (Fsp3) is 0.692. The van der Waals surface area contributed by atoms with Crippen LogP contribution in [0.5, 0.6) is 0 Å². The van der Waals surface area contributed by atoms with Crippen LogP contribution in [0.25, 0.3) is 0 Å². The highest BCUT2D eigenvalue weighted by Crippen LogP contribution is 2.12. The van der Waals surface area contributed by atoms with Crippen molar-refractivity contribution in [1.82, 2.24) is 15.2 Å². The molecule has 1 aliphatic rings. The fourth-order valence-electron chi connectivity index (χ4n) is 2.16. The highest BCUT2D eigenvalue weighted by atomic mass is 127. The lowest BCUT2D eigenvalue weighted by molar-refractivity contribution is 0.186. The quantitative estimate of drug-likeness (QED) is 0.470. The van der Waals surface area contributed by atoms with Crippen molar-refractivity contribution in [2.45, 2.75) is 19.9 Å². The third kappa shape index (κ3) is 5.17. The summed E-state index contributed by atoms with van der Waals surface area (Å²) in [5, 5.41) is 6.62. The lowest BCUT2D eigenvalue weighted by atomic mass is 10.1. The lowest BCUT2D eigenvalue weighted by Gasteiger charge is -2.22. The molecule has 0 aliphatic carbocycles. The minimum atomic E-state index is 0. The smallest absolute Gasteiger partial charge is 0.193 e. The van der Waals surface area contributed by atoms with Gasteiger partial charge in [0, 0.05) is 38.5 Å². The van der Waals surface area contributed by atoms with Gasteiger partial charge in [-0.15, -0.1) is 35.3 Å². The number of rotatable bonds is 4. The molecule has 0 radical (unpaired) electrons. The molecule has 0 amide bonds. The summed E-state index contributed by atoms with van der Waals surface area (Å²) in [4.78, 5) is 10.9. The second-order valence-corrected chi connectivity index (χ2v) is 5.93. The zero-order valence-corrected chi connectivity index (χ0v) is 15.4. The van der Waals surface area contributed by atoms with Crippen molar-refractivity contribution in [3.8, 4) is 0 Å². The van der Waals surface area contributed by atoms with E-state index in [-0.39, 0.29) is 24.0 Å². The molecule has 114 valence electrons. The minimum absolute atomic E-state index is 0. The summed E-state index contributed by atoms with van der Waals surface area (Å²) in [5.41, 5.74) is 1.09. The SMILES string of the molecule is CN=C(NCC1CCOC1)N(C)Cc1csc(C)n1.I. The number of halogens is 1. The number of thiazole rings is 1. The average molecular weight is 410 g/mol. The first-order valence-electron chi connectivity index (χ1n) is 6.59. The van der Waals surface area contributed by atoms with E-state index in [9.17, 15) is 0 Å². The van der Waals surface area contributed by atoms with Gasteiger partial charge in [0.2, 0.25) is 0 Å². The largest absolute Gasteiger partial charge is 0.381 e. The second-order valence-electron chi connectivity index (χ2n) is 4.87. The number of nitrogens with one attached hydrogen (secondary N) is 1. The second kappa shape index (κ2) is 8.78. The number of hydrogen-bond donors (Lipinski definition) is 1. The molecule has 1 fully saturated rings. The molecule has 1 N–H and O–H groups in total. The van der Waals surface area contributed by atoms with Crippen LogP contribution in [0, 0.1) is 12.8 Å². The van der Waals surface area contributed by atoms with Crippen molar-refractivity contribution in [3.05, 3.63) is 16.1 Å². The van der Waals surface area contributed by atoms with Gasteiger partial charge in [0.1, 0.15) is 0 Å². The van der Waals surface area contributed by atoms with Crippen LogP contribution < -0.4 is 5.32 Å². The summed E-state index contributed by atoms with van der Waals surface area (Å²) < 4.78 is 5.38. The molecule has 1 aromatic rings. The molecule has 0 spiro atoms. The molecule has 5 nitrogen and oxygen atoms in total. The molecule has 1 atom stereocenters. The maximum Gasteiger partial charge on any atom is 0.193 e. The van der Waals surface area contributed by atoms with Gasteiger partial charge in [-0.2, -0.15) is 0 Å². The van der Waals surface area contributed by atoms with E-state index in [1.165, 1.54) is 0 Å². The molecule has 1 aliphatic heterocycles. The van der Waals surface area contributed by atoms with Crippen LogP contribution in [-0.4, -0.2) is 49.7 Å². The summed E-state index contributed by atoms with van der Waals surface area (Å²) in [5.74, 6) is 1.52. The van der Waals surface area contributed by atoms with Crippen molar-refractivity contribution in [2.75, 3.05) is 33.9 Å². The predicted octanol–water partition coefficient (Wildman–Crippen LogP) is 2.11. The first-order valence-corrected chi connectivity index (χ1v) is 7.47. The lowest BCUT2D eigenvalue weighted by Crippen LogP contribution is -2.40. The molecule has 1 unspecified atom stereocenters. The Bertz CT molecular complexity index is 432. The van der Waals surface area contributed by atoms with Gasteiger partial charge in [-0.3, -0.25) is 4.99 Å². The normalized spacial score (nSPS) is 18.8. The molecule has 2 heterocycles. The Hall–Kier alpha value is -0.410. The molecule has 0 saturated carbocycles. The number of aromatic nitrogens is 1. The molecule has 0 aromatic carbocycles. The predicted molar refractivity (Wildman–Crippen MR) is 94.0 cm³/mol. The van der Waals surface area contributed by atoms with E-state index in [0.717, 1.165) is 49.4 Å². The number of aliphatic imine (C=N–C) groups is 1. The van der Waals surface area contributed by atoms with Gasteiger partial charge in [-0.05, 0) is 13.3 Å². The molecule has 1 saturated heterocycles. The maximum absolute atomic E-state index is 5.38. The topological polar surface area (TPSA) is 49.8 Å². The summed E-state index contributed by atoms with van der Waals surface area (Å²) in [6.07, 6.45) is 1.14. The van der Waals surface area contributed by atoms with Crippen LogP contribution in [0.3, 0.4) is 0 Å². The van der Waals surface area contributed by atoms with Gasteiger partial charge in [-0.1, -0.05) is 0 Å². The fourth-order valence-corrected chi connectivity index (χ4v) is 2.77. The van der Waals surface area contributed by atoms with E-state index in [1.807, 2.05) is 21.0 Å². The highest BCUT2D eigenvalue weighted by molar-refractivity contribution is 14.0. The standard InChI is InChI=1S/C13H22N4OS.HI/c1-10-16-12(9-19-10)7-17(3)13(14-2)15-6-11-4-5-18-8-11;/h9,11H,4-8H2,1-3H3,(H,14,15);1H. The summed E-state index contributed by atoms with van der Waals surface area (Å²) in [6.45, 7) is 5.48. The molecule has 7 heteroatoms. The van der Waals surface area contributed by atoms with Crippen LogP contribution in [0.2, 0.25) is 0 Å². The van der Waals surface area contributed by atoms with E-state index in [2.05, 4.69) is 25.6 Å². The molecule has 0 bridgehead atoms. The summed E-state index contributed by atoms with van der Waals surface area (Å²) >= 11 is 1.68. The molecule has 2 rings (SSSR count). The maximum atomic E-state index is 5.38. The van der Waals surface area contributed by atoms with Gasteiger partial charge < -0.3 is 15.0 Å². The first-order chi connectivity index (χ1) is 9.19. The first kappa shape index (κ1) is 17.6. The average Bonchev–Trinajstić information content (AvgIpc) is 3.02. The van der Waals surface area contributed by atoms with Gasteiger partial charge in [0.15, 0.2) is 5.96 Å². The van der Waals surface area contributed by atoms with E-state index in [0.29, 0.717) is 5.92 Å². The number of aryl methyl sites for hydroxylation is 1. The van der Waals surface area contributed by atoms with Gasteiger partial charge in [0.05, 0.1) is 23.9 Å². The Morgan fingerprint density at radius 2 is 2.45 bits per heavy atom. The Morgan fingerprint density at radius 1 is 1.65 bits per heavy atom. The van der Waals surface area contributed by atoms with Gasteiger partial charge >= 0.3 is 0 Å². The van der Waals surface area contributed by atoms with Crippen molar-refractivity contribution in [2.24, 2.45) is 10.9 Å². The van der Waals surface area contributed by atoms with Crippen molar-refractivity contribution in [3.63, 3.8) is 0 Å². The monoisotopic (exact) mass is 410 g/mol. The van der Waals surface area contributed by atoms with Gasteiger partial charge in [0.25, 0.3) is 0 Å². The van der Waals surface area contributed by atoms with E-state index < -0.39 is 0 Å². The summed E-state index contributed by atoms with van der Waals surface area (Å²) in [7, 11) is 3.85. The Balaban J connectivity index is 0.00000200. The van der Waals surface area contributed by atoms with E-state index in [1.54, 1.807) is 11.3 Å². The van der Waals surface area contributed by atoms with Crippen molar-refractivity contribution >= 4 is 41.3 Å². The number of nitrogens with zero attached hydrogens (tertiary/aromatic N) is 3. The zero-order chi connectivity index (χ0) is 13.7. The Morgan fingerprint density at radius 3 is 3.00 bits per heavy atom. The summed E-state index contributed by atoms with van der Waals surface area (Å²) in [6, 6.07) is 0. The number of hydrogen-bond acceptors (Lipinski definition) is 4. The molecule has 1 aromatic heterocycles. The third-order valence-electron chi connectivity index (χ3n) is 3.21. The highest BCUT2D eigenvalue weighted by Gasteiger charge is 2.17. The number of guanidine groups is 1. The van der Waals surface area contributed by atoms with Crippen molar-refractivity contribution < 1.29 is 4.74 Å². The molecular weight excluding hydrogens is 387 g/mol. The van der Waals surface area contributed by atoms with Crippen LogP contribution >= 0.6 is 35.3 Å². The van der Waals surface area contributed by atoms with E-state index in [4.69, 9.17) is 4.74 Å². The van der Waals surface area contributed by atoms with Crippen LogP contribution in [0.15, 0.2) is 10.4 Å². The van der Waals surface area contributed by atoms with E-state index >= 15 is 0 Å².